The molecule has 4 aromatic rings. The van der Waals surface area contributed by atoms with Gasteiger partial charge in [-0.3, -0.25) is 0 Å². The van der Waals surface area contributed by atoms with Crippen LogP contribution in [0.15, 0.2) is 53.6 Å². The molecule has 2 aliphatic rings. The highest BCUT2D eigenvalue weighted by Gasteiger charge is 2.36. The fraction of sp³-hybridized carbons (Fsp3) is 0.273. The molecular formula is C22H21Cl2N3O2S. The molecule has 1 N–H and O–H groups in total. The van der Waals surface area contributed by atoms with Gasteiger partial charge in [-0.25, -0.2) is 12.4 Å². The molecule has 2 aromatic heterocycles. The lowest BCUT2D eigenvalue weighted by Crippen LogP contribution is -2.32. The highest BCUT2D eigenvalue weighted by atomic mass is 35.5. The second kappa shape index (κ2) is 6.76. The second-order valence-electron chi connectivity index (χ2n) is 8.09. The van der Waals surface area contributed by atoms with Gasteiger partial charge < -0.3 is 9.88 Å². The van der Waals surface area contributed by atoms with E-state index in [4.69, 9.17) is 11.6 Å². The van der Waals surface area contributed by atoms with Gasteiger partial charge in [-0.15, -0.1) is 12.4 Å². The predicted molar refractivity (Wildman–Crippen MR) is 122 cm³/mol. The maximum Gasteiger partial charge on any atom is 0.268 e. The molecule has 5 nitrogen and oxygen atoms in total. The third-order valence-corrected chi connectivity index (χ3v) is 8.52. The van der Waals surface area contributed by atoms with Crippen molar-refractivity contribution in [3.63, 3.8) is 0 Å². The summed E-state index contributed by atoms with van der Waals surface area (Å²) in [5.41, 5.74) is 4.27. The van der Waals surface area contributed by atoms with E-state index in [0.717, 1.165) is 29.1 Å². The number of aromatic nitrogens is 2. The number of hydrogen-bond donors (Lipinski definition) is 1. The quantitative estimate of drug-likeness (QED) is 0.466. The van der Waals surface area contributed by atoms with E-state index in [1.807, 2.05) is 30.3 Å². The van der Waals surface area contributed by atoms with Crippen LogP contribution in [-0.4, -0.2) is 23.0 Å². The van der Waals surface area contributed by atoms with Gasteiger partial charge in [0.05, 0.1) is 15.4 Å². The van der Waals surface area contributed by atoms with Crippen LogP contribution in [0, 0.1) is 0 Å². The summed E-state index contributed by atoms with van der Waals surface area (Å²) < 4.78 is 30.6. The highest BCUT2D eigenvalue weighted by Crippen LogP contribution is 2.42. The van der Waals surface area contributed by atoms with Crippen LogP contribution < -0.4 is 5.32 Å². The summed E-state index contributed by atoms with van der Waals surface area (Å²) in [7, 11) is -1.68. The number of nitrogens with one attached hydrogen (secondary N) is 1. The molecule has 2 atom stereocenters. The minimum Gasteiger partial charge on any atom is -0.347 e. The first-order valence-corrected chi connectivity index (χ1v) is 11.7. The molecule has 0 radical (unpaired) electrons. The van der Waals surface area contributed by atoms with Crippen molar-refractivity contribution >= 4 is 55.8 Å². The van der Waals surface area contributed by atoms with Gasteiger partial charge in [-0.2, -0.15) is 0 Å². The number of halogens is 2. The SMILES string of the molecule is Cl.Cn1c2c(c3cc(S(=O)(=O)n4cc(Cl)c5ccccc54)ccc31)C1CCC(C2)N1. The Bertz CT molecular complexity index is 1420. The van der Waals surface area contributed by atoms with E-state index >= 15 is 0 Å². The molecule has 0 spiro atoms. The average Bonchev–Trinajstić information content (AvgIpc) is 3.36. The Hall–Kier alpha value is -1.99. The molecule has 156 valence electrons. The highest BCUT2D eigenvalue weighted by molar-refractivity contribution is 7.90. The van der Waals surface area contributed by atoms with E-state index in [0.29, 0.717) is 22.6 Å². The number of aryl methyl sites for hydroxylation is 1. The van der Waals surface area contributed by atoms with Crippen molar-refractivity contribution in [2.45, 2.75) is 36.2 Å². The van der Waals surface area contributed by atoms with Crippen LogP contribution in [0.4, 0.5) is 0 Å². The molecule has 1 saturated heterocycles. The molecular weight excluding hydrogens is 441 g/mol. The maximum absolute atomic E-state index is 13.5. The van der Waals surface area contributed by atoms with Gasteiger partial charge in [-0.05, 0) is 42.7 Å². The van der Waals surface area contributed by atoms with Crippen LogP contribution in [0.2, 0.25) is 5.02 Å². The number of benzene rings is 2. The first-order valence-electron chi connectivity index (χ1n) is 9.83. The van der Waals surface area contributed by atoms with E-state index in [1.165, 1.54) is 27.8 Å². The average molecular weight is 462 g/mol. The Labute approximate surface area is 186 Å². The Balaban J connectivity index is 0.00000193. The van der Waals surface area contributed by atoms with Gasteiger partial charge in [0.1, 0.15) is 0 Å². The molecule has 2 unspecified atom stereocenters. The van der Waals surface area contributed by atoms with Crippen molar-refractivity contribution < 1.29 is 8.42 Å². The zero-order valence-electron chi connectivity index (χ0n) is 16.3. The van der Waals surface area contributed by atoms with Crippen molar-refractivity contribution in [1.29, 1.82) is 0 Å². The maximum atomic E-state index is 13.5. The third-order valence-electron chi connectivity index (χ3n) is 6.55. The molecule has 2 bridgehead atoms. The Kier molecular flexibility index (Phi) is 4.49. The van der Waals surface area contributed by atoms with Crippen molar-refractivity contribution in [3.05, 3.63) is 64.9 Å². The zero-order valence-corrected chi connectivity index (χ0v) is 18.7. The third kappa shape index (κ3) is 2.61. The summed E-state index contributed by atoms with van der Waals surface area (Å²) in [6, 6.07) is 13.6. The van der Waals surface area contributed by atoms with E-state index in [9.17, 15) is 8.42 Å². The molecule has 4 heterocycles. The lowest BCUT2D eigenvalue weighted by Gasteiger charge is -2.23. The Morgan fingerprint density at radius 1 is 1.07 bits per heavy atom. The van der Waals surface area contributed by atoms with Crippen molar-refractivity contribution in [1.82, 2.24) is 13.9 Å². The summed E-state index contributed by atoms with van der Waals surface area (Å²) in [6.07, 6.45) is 4.77. The minimum atomic E-state index is -3.76. The molecule has 6 rings (SSSR count). The largest absolute Gasteiger partial charge is 0.347 e. The fourth-order valence-corrected chi connectivity index (χ4v) is 6.88. The molecule has 0 saturated carbocycles. The minimum absolute atomic E-state index is 0. The molecule has 2 aliphatic heterocycles. The van der Waals surface area contributed by atoms with Crippen LogP contribution in [0.3, 0.4) is 0 Å². The molecule has 1 fully saturated rings. The van der Waals surface area contributed by atoms with Crippen LogP contribution in [0.5, 0.6) is 0 Å². The van der Waals surface area contributed by atoms with Crippen molar-refractivity contribution in [3.8, 4) is 0 Å². The normalized spacial score (nSPS) is 20.5. The Morgan fingerprint density at radius 3 is 2.70 bits per heavy atom. The standard InChI is InChI=1S/C22H20ClN3O2S.ClH/c1-25-19-9-7-14(11-16(19)22-18-8-6-13(24-18)10-21(22)25)29(27,28)26-12-17(23)15-4-2-3-5-20(15)26;/h2-5,7,9,11-13,18,24H,6,8,10H2,1H3;1H. The summed E-state index contributed by atoms with van der Waals surface area (Å²) >= 11 is 6.31. The smallest absolute Gasteiger partial charge is 0.268 e. The van der Waals surface area contributed by atoms with E-state index in [2.05, 4.69) is 16.9 Å². The van der Waals surface area contributed by atoms with Crippen LogP contribution in [-0.2, 0) is 23.5 Å². The predicted octanol–water partition coefficient (Wildman–Crippen LogP) is 4.79. The number of rotatable bonds is 2. The number of nitrogens with zero attached hydrogens (tertiary/aromatic N) is 2. The number of fused-ring (bicyclic) bond motifs is 7. The van der Waals surface area contributed by atoms with Gasteiger partial charge in [0.2, 0.25) is 0 Å². The summed E-state index contributed by atoms with van der Waals surface area (Å²) in [5.74, 6) is 0. The molecule has 0 amide bonds. The van der Waals surface area contributed by atoms with Crippen molar-refractivity contribution in [2.75, 3.05) is 0 Å². The molecule has 2 aromatic carbocycles. The van der Waals surface area contributed by atoms with Crippen LogP contribution in [0.1, 0.15) is 30.1 Å². The number of para-hydroxylation sites is 1. The molecule has 0 aliphatic carbocycles. The fourth-order valence-electron chi connectivity index (χ4n) is 5.16. The van der Waals surface area contributed by atoms with E-state index < -0.39 is 10.0 Å². The lowest BCUT2D eigenvalue weighted by molar-refractivity contribution is 0.503. The number of hydrogen-bond acceptors (Lipinski definition) is 3. The first kappa shape index (κ1) is 19.9. The van der Waals surface area contributed by atoms with E-state index in [-0.39, 0.29) is 17.3 Å². The van der Waals surface area contributed by atoms with Crippen LogP contribution in [0.25, 0.3) is 21.8 Å². The van der Waals surface area contributed by atoms with Crippen LogP contribution >= 0.6 is 24.0 Å². The first-order chi connectivity index (χ1) is 13.9. The summed E-state index contributed by atoms with van der Waals surface area (Å²) in [5, 5.41) is 5.88. The van der Waals surface area contributed by atoms with Gasteiger partial charge in [0.15, 0.2) is 0 Å². The summed E-state index contributed by atoms with van der Waals surface area (Å²) in [6.45, 7) is 0. The van der Waals surface area contributed by atoms with Gasteiger partial charge in [0, 0.05) is 53.7 Å². The summed E-state index contributed by atoms with van der Waals surface area (Å²) in [4.78, 5) is 0.288. The molecule has 8 heteroatoms. The molecule has 30 heavy (non-hydrogen) atoms. The topological polar surface area (TPSA) is 56.0 Å². The van der Waals surface area contributed by atoms with Crippen molar-refractivity contribution in [2.24, 2.45) is 7.05 Å². The van der Waals surface area contributed by atoms with Gasteiger partial charge in [-0.1, -0.05) is 29.8 Å². The Morgan fingerprint density at radius 2 is 1.87 bits per heavy atom. The van der Waals surface area contributed by atoms with Gasteiger partial charge >= 0.3 is 0 Å². The monoisotopic (exact) mass is 461 g/mol. The van der Waals surface area contributed by atoms with E-state index in [1.54, 1.807) is 12.1 Å². The van der Waals surface area contributed by atoms with Gasteiger partial charge in [0.25, 0.3) is 10.0 Å². The zero-order chi connectivity index (χ0) is 19.9. The lowest BCUT2D eigenvalue weighted by atomic mass is 9.99. The second-order valence-corrected chi connectivity index (χ2v) is 10.3.